The molecule has 0 saturated carbocycles. The minimum absolute atomic E-state index is 0.145. The van der Waals surface area contributed by atoms with E-state index in [0.29, 0.717) is 10.9 Å². The van der Waals surface area contributed by atoms with E-state index in [1.807, 2.05) is 6.92 Å². The van der Waals surface area contributed by atoms with Crippen molar-refractivity contribution < 1.29 is 4.39 Å². The SMILES string of the molecule is CC(CCCCl)Nc1ncc(Cl)cc1F. The molecule has 0 aliphatic heterocycles. The van der Waals surface area contributed by atoms with Crippen molar-refractivity contribution in [1.82, 2.24) is 4.98 Å². The van der Waals surface area contributed by atoms with E-state index >= 15 is 0 Å². The van der Waals surface area contributed by atoms with Crippen LogP contribution in [0.2, 0.25) is 5.02 Å². The number of alkyl halides is 1. The van der Waals surface area contributed by atoms with Crippen LogP contribution in [0.15, 0.2) is 12.3 Å². The van der Waals surface area contributed by atoms with E-state index in [4.69, 9.17) is 23.2 Å². The molecule has 0 aliphatic carbocycles. The molecule has 15 heavy (non-hydrogen) atoms. The molecule has 1 rings (SSSR count). The van der Waals surface area contributed by atoms with Gasteiger partial charge >= 0.3 is 0 Å². The first-order valence-electron chi connectivity index (χ1n) is 4.77. The van der Waals surface area contributed by atoms with Gasteiger partial charge in [0.15, 0.2) is 11.6 Å². The minimum Gasteiger partial charge on any atom is -0.365 e. The van der Waals surface area contributed by atoms with Gasteiger partial charge in [0.05, 0.1) is 5.02 Å². The Hall–Kier alpha value is -0.540. The Morgan fingerprint density at radius 1 is 1.60 bits per heavy atom. The Bertz CT molecular complexity index is 320. The van der Waals surface area contributed by atoms with Gasteiger partial charge in [-0.1, -0.05) is 11.6 Å². The number of hydrogen-bond acceptors (Lipinski definition) is 2. The highest BCUT2D eigenvalue weighted by molar-refractivity contribution is 6.30. The highest BCUT2D eigenvalue weighted by Gasteiger charge is 2.07. The van der Waals surface area contributed by atoms with Crippen molar-refractivity contribution in [2.75, 3.05) is 11.2 Å². The summed E-state index contributed by atoms with van der Waals surface area (Å²) in [6, 6.07) is 1.39. The number of pyridine rings is 1. The Balaban J connectivity index is 2.56. The zero-order chi connectivity index (χ0) is 11.3. The summed E-state index contributed by atoms with van der Waals surface area (Å²) >= 11 is 11.2. The molecule has 84 valence electrons. The molecular formula is C10H13Cl2FN2. The lowest BCUT2D eigenvalue weighted by atomic mass is 10.2. The molecule has 1 aromatic rings. The van der Waals surface area contributed by atoms with E-state index in [1.165, 1.54) is 12.3 Å². The van der Waals surface area contributed by atoms with E-state index in [1.54, 1.807) is 0 Å². The molecule has 1 unspecified atom stereocenters. The van der Waals surface area contributed by atoms with Gasteiger partial charge < -0.3 is 5.32 Å². The maximum atomic E-state index is 13.3. The summed E-state index contributed by atoms with van der Waals surface area (Å²) in [5, 5.41) is 3.27. The number of nitrogens with one attached hydrogen (secondary N) is 1. The first kappa shape index (κ1) is 12.5. The van der Waals surface area contributed by atoms with Crippen LogP contribution in [0.3, 0.4) is 0 Å². The first-order chi connectivity index (χ1) is 7.13. The summed E-state index contributed by atoms with van der Waals surface area (Å²) in [6.45, 7) is 1.96. The molecule has 0 bridgehead atoms. The van der Waals surface area contributed by atoms with Crippen molar-refractivity contribution in [3.05, 3.63) is 23.1 Å². The second-order valence-corrected chi connectivity index (χ2v) is 4.17. The first-order valence-corrected chi connectivity index (χ1v) is 5.68. The zero-order valence-corrected chi connectivity index (χ0v) is 9.95. The zero-order valence-electron chi connectivity index (χ0n) is 8.43. The maximum Gasteiger partial charge on any atom is 0.166 e. The van der Waals surface area contributed by atoms with E-state index in [-0.39, 0.29) is 11.9 Å². The maximum absolute atomic E-state index is 13.3. The quantitative estimate of drug-likeness (QED) is 0.807. The van der Waals surface area contributed by atoms with E-state index in [2.05, 4.69) is 10.3 Å². The van der Waals surface area contributed by atoms with Crippen molar-refractivity contribution in [3.8, 4) is 0 Å². The molecule has 0 amide bonds. The largest absolute Gasteiger partial charge is 0.365 e. The third kappa shape index (κ3) is 4.22. The van der Waals surface area contributed by atoms with Gasteiger partial charge in [0.1, 0.15) is 0 Å². The van der Waals surface area contributed by atoms with Crippen LogP contribution in [-0.2, 0) is 0 Å². The topological polar surface area (TPSA) is 24.9 Å². The van der Waals surface area contributed by atoms with Crippen molar-refractivity contribution in [2.24, 2.45) is 0 Å². The van der Waals surface area contributed by atoms with Crippen molar-refractivity contribution >= 4 is 29.0 Å². The summed E-state index contributed by atoms with van der Waals surface area (Å²) in [6.07, 6.45) is 3.19. The lowest BCUT2D eigenvalue weighted by Crippen LogP contribution is -2.17. The van der Waals surface area contributed by atoms with E-state index in [9.17, 15) is 4.39 Å². The Labute approximate surface area is 98.8 Å². The van der Waals surface area contributed by atoms with Gasteiger partial charge in [-0.05, 0) is 25.8 Å². The lowest BCUT2D eigenvalue weighted by molar-refractivity contribution is 0.614. The Morgan fingerprint density at radius 3 is 2.93 bits per heavy atom. The second kappa shape index (κ2) is 6.13. The molecule has 0 radical (unpaired) electrons. The summed E-state index contributed by atoms with van der Waals surface area (Å²) in [5.41, 5.74) is 0. The van der Waals surface area contributed by atoms with Gasteiger partial charge in [-0.25, -0.2) is 9.37 Å². The molecular weight excluding hydrogens is 238 g/mol. The lowest BCUT2D eigenvalue weighted by Gasteiger charge is -2.14. The van der Waals surface area contributed by atoms with Crippen LogP contribution in [-0.4, -0.2) is 16.9 Å². The van der Waals surface area contributed by atoms with E-state index < -0.39 is 5.82 Å². The van der Waals surface area contributed by atoms with Gasteiger partial charge in [-0.2, -0.15) is 0 Å². The van der Waals surface area contributed by atoms with Crippen LogP contribution in [0.25, 0.3) is 0 Å². The molecule has 1 heterocycles. The average Bonchev–Trinajstić information content (AvgIpc) is 2.19. The van der Waals surface area contributed by atoms with Crippen LogP contribution in [0, 0.1) is 5.82 Å². The smallest absolute Gasteiger partial charge is 0.166 e. The fourth-order valence-corrected chi connectivity index (χ4v) is 1.51. The highest BCUT2D eigenvalue weighted by atomic mass is 35.5. The summed E-state index contributed by atoms with van der Waals surface area (Å²) in [7, 11) is 0. The van der Waals surface area contributed by atoms with Gasteiger partial charge in [0.2, 0.25) is 0 Å². The highest BCUT2D eigenvalue weighted by Crippen LogP contribution is 2.17. The minimum atomic E-state index is -0.430. The molecule has 2 nitrogen and oxygen atoms in total. The second-order valence-electron chi connectivity index (χ2n) is 3.36. The average molecular weight is 251 g/mol. The Morgan fingerprint density at radius 2 is 2.33 bits per heavy atom. The molecule has 0 saturated heterocycles. The predicted molar refractivity (Wildman–Crippen MR) is 62.2 cm³/mol. The van der Waals surface area contributed by atoms with Crippen LogP contribution >= 0.6 is 23.2 Å². The third-order valence-electron chi connectivity index (χ3n) is 1.96. The molecule has 0 aliphatic rings. The number of halogens is 3. The van der Waals surface area contributed by atoms with Crippen LogP contribution in [0.4, 0.5) is 10.2 Å². The third-order valence-corrected chi connectivity index (χ3v) is 2.44. The molecule has 1 N–H and O–H groups in total. The molecule has 0 spiro atoms. The van der Waals surface area contributed by atoms with Gasteiger partial charge in [0.25, 0.3) is 0 Å². The van der Waals surface area contributed by atoms with Gasteiger partial charge in [-0.15, -0.1) is 11.6 Å². The normalized spacial score (nSPS) is 12.5. The number of hydrogen-bond donors (Lipinski definition) is 1. The summed E-state index contributed by atoms with van der Waals surface area (Å²) in [4.78, 5) is 3.87. The molecule has 1 aromatic heterocycles. The summed E-state index contributed by atoms with van der Waals surface area (Å²) in [5.74, 6) is 0.421. The van der Waals surface area contributed by atoms with Crippen LogP contribution < -0.4 is 5.32 Å². The number of anilines is 1. The molecule has 0 fully saturated rings. The number of nitrogens with zero attached hydrogens (tertiary/aromatic N) is 1. The summed E-state index contributed by atoms with van der Waals surface area (Å²) < 4.78 is 13.3. The predicted octanol–water partition coefficient (Wildman–Crippen LogP) is 3.69. The van der Waals surface area contributed by atoms with Crippen molar-refractivity contribution in [1.29, 1.82) is 0 Å². The number of aromatic nitrogens is 1. The van der Waals surface area contributed by atoms with Crippen LogP contribution in [0.5, 0.6) is 0 Å². The number of rotatable bonds is 5. The van der Waals surface area contributed by atoms with Crippen molar-refractivity contribution in [3.63, 3.8) is 0 Å². The standard InChI is InChI=1S/C10H13Cl2FN2/c1-7(3-2-4-11)15-10-9(13)5-8(12)6-14-10/h5-7H,2-4H2,1H3,(H,14,15). The molecule has 0 aromatic carbocycles. The van der Waals surface area contributed by atoms with Crippen LogP contribution in [0.1, 0.15) is 19.8 Å². The van der Waals surface area contributed by atoms with Gasteiger partial charge in [0, 0.05) is 18.1 Å². The fourth-order valence-electron chi connectivity index (χ4n) is 1.21. The van der Waals surface area contributed by atoms with Crippen molar-refractivity contribution in [2.45, 2.75) is 25.8 Å². The molecule has 5 heteroatoms. The fraction of sp³-hybridized carbons (Fsp3) is 0.500. The van der Waals surface area contributed by atoms with Gasteiger partial charge in [-0.3, -0.25) is 0 Å². The Kier molecular flexibility index (Phi) is 5.12. The van der Waals surface area contributed by atoms with E-state index in [0.717, 1.165) is 12.8 Å². The molecule has 1 atom stereocenters. The monoisotopic (exact) mass is 250 g/mol.